The summed E-state index contributed by atoms with van der Waals surface area (Å²) < 4.78 is 41.9. The molecule has 3 nitrogen and oxygen atoms in total. The molecule has 0 saturated carbocycles. The van der Waals surface area contributed by atoms with Crippen molar-refractivity contribution in [2.75, 3.05) is 0 Å². The van der Waals surface area contributed by atoms with Gasteiger partial charge in [0.05, 0.1) is 22.8 Å². The van der Waals surface area contributed by atoms with E-state index in [1.807, 2.05) is 0 Å². The Balaban J connectivity index is 2.38. The first-order valence-electron chi connectivity index (χ1n) is 6.35. The molecule has 21 heavy (non-hydrogen) atoms. The van der Waals surface area contributed by atoms with E-state index in [1.165, 1.54) is 22.8 Å². The summed E-state index contributed by atoms with van der Waals surface area (Å²) in [5.41, 5.74) is 7.00. The Bertz CT molecular complexity index is 804. The van der Waals surface area contributed by atoms with Crippen LogP contribution in [-0.4, -0.2) is 9.55 Å². The van der Waals surface area contributed by atoms with Crippen LogP contribution in [-0.2, 0) is 0 Å². The summed E-state index contributed by atoms with van der Waals surface area (Å²) >= 11 is 0. The highest BCUT2D eigenvalue weighted by atomic mass is 19.1. The summed E-state index contributed by atoms with van der Waals surface area (Å²) in [5.74, 6) is -1.50. The smallest absolute Gasteiger partial charge is 0.131 e. The molecule has 0 aliphatic carbocycles. The number of halogens is 3. The highest BCUT2D eigenvalue weighted by molar-refractivity contribution is 5.78. The predicted octanol–water partition coefficient (Wildman–Crippen LogP) is 3.46. The maximum atomic E-state index is 13.5. The minimum Gasteiger partial charge on any atom is -0.322 e. The molecule has 3 rings (SSSR count). The lowest BCUT2D eigenvalue weighted by atomic mass is 10.2. The van der Waals surface area contributed by atoms with Gasteiger partial charge in [-0.1, -0.05) is 0 Å². The van der Waals surface area contributed by atoms with E-state index in [1.54, 1.807) is 6.92 Å². The molecule has 1 atom stereocenters. The summed E-state index contributed by atoms with van der Waals surface area (Å²) in [6.45, 7) is 1.70. The third-order valence-electron chi connectivity index (χ3n) is 3.16. The van der Waals surface area contributed by atoms with Crippen molar-refractivity contribution < 1.29 is 13.2 Å². The van der Waals surface area contributed by atoms with Crippen molar-refractivity contribution >= 4 is 11.0 Å². The SMILES string of the molecule is C[C@H](N)c1nc2ccc(F)cc2n1-c1cc(F)cc(F)c1. The summed E-state index contributed by atoms with van der Waals surface area (Å²) in [7, 11) is 0. The summed E-state index contributed by atoms with van der Waals surface area (Å²) in [6.07, 6.45) is 0. The molecular formula is C15H12F3N3. The van der Waals surface area contributed by atoms with Crippen LogP contribution in [0.25, 0.3) is 16.7 Å². The number of benzene rings is 2. The second kappa shape index (κ2) is 4.89. The fourth-order valence-corrected chi connectivity index (χ4v) is 2.31. The van der Waals surface area contributed by atoms with Gasteiger partial charge in [0.1, 0.15) is 23.3 Å². The van der Waals surface area contributed by atoms with Crippen LogP contribution in [0.4, 0.5) is 13.2 Å². The van der Waals surface area contributed by atoms with Crippen LogP contribution in [0.15, 0.2) is 36.4 Å². The first kappa shape index (κ1) is 13.6. The zero-order valence-corrected chi connectivity index (χ0v) is 11.1. The number of rotatable bonds is 2. The highest BCUT2D eigenvalue weighted by Crippen LogP contribution is 2.26. The number of fused-ring (bicyclic) bond motifs is 1. The molecular weight excluding hydrogens is 279 g/mol. The molecule has 0 amide bonds. The first-order valence-corrected chi connectivity index (χ1v) is 6.35. The molecule has 1 aromatic heterocycles. The number of nitrogens with zero attached hydrogens (tertiary/aromatic N) is 2. The van der Waals surface area contributed by atoms with E-state index in [0.29, 0.717) is 16.9 Å². The van der Waals surface area contributed by atoms with Gasteiger partial charge in [-0.05, 0) is 31.2 Å². The average Bonchev–Trinajstić information content (AvgIpc) is 2.76. The Morgan fingerprint density at radius 2 is 1.67 bits per heavy atom. The van der Waals surface area contributed by atoms with Gasteiger partial charge in [0.2, 0.25) is 0 Å². The van der Waals surface area contributed by atoms with Crippen LogP contribution in [0.3, 0.4) is 0 Å². The molecule has 0 radical (unpaired) electrons. The van der Waals surface area contributed by atoms with E-state index < -0.39 is 23.5 Å². The van der Waals surface area contributed by atoms with Crippen LogP contribution in [0.1, 0.15) is 18.8 Å². The van der Waals surface area contributed by atoms with Crippen LogP contribution >= 0.6 is 0 Å². The fourth-order valence-electron chi connectivity index (χ4n) is 2.31. The Labute approximate surface area is 118 Å². The van der Waals surface area contributed by atoms with E-state index in [0.717, 1.165) is 18.2 Å². The molecule has 1 heterocycles. The van der Waals surface area contributed by atoms with Crippen molar-refractivity contribution in [2.45, 2.75) is 13.0 Å². The summed E-state index contributed by atoms with van der Waals surface area (Å²) in [4.78, 5) is 4.32. The minimum atomic E-state index is -0.723. The van der Waals surface area contributed by atoms with Crippen molar-refractivity contribution in [1.82, 2.24) is 9.55 Å². The lowest BCUT2D eigenvalue weighted by Gasteiger charge is -2.12. The van der Waals surface area contributed by atoms with E-state index in [4.69, 9.17) is 5.73 Å². The maximum absolute atomic E-state index is 13.5. The number of hydrogen-bond acceptors (Lipinski definition) is 2. The molecule has 2 N–H and O–H groups in total. The molecule has 2 aromatic carbocycles. The van der Waals surface area contributed by atoms with E-state index >= 15 is 0 Å². The molecule has 0 fully saturated rings. The van der Waals surface area contributed by atoms with Crippen LogP contribution in [0, 0.1) is 17.5 Å². The van der Waals surface area contributed by atoms with Gasteiger partial charge in [0.25, 0.3) is 0 Å². The van der Waals surface area contributed by atoms with Crippen LogP contribution < -0.4 is 5.73 Å². The lowest BCUT2D eigenvalue weighted by Crippen LogP contribution is -2.12. The quantitative estimate of drug-likeness (QED) is 0.785. The molecule has 3 aromatic rings. The van der Waals surface area contributed by atoms with Gasteiger partial charge in [-0.3, -0.25) is 4.57 Å². The third kappa shape index (κ3) is 2.38. The molecule has 0 spiro atoms. The third-order valence-corrected chi connectivity index (χ3v) is 3.16. The molecule has 0 unspecified atom stereocenters. The van der Waals surface area contributed by atoms with Gasteiger partial charge in [-0.15, -0.1) is 0 Å². The second-order valence-electron chi connectivity index (χ2n) is 4.85. The number of imidazole rings is 1. The summed E-state index contributed by atoms with van der Waals surface area (Å²) in [5, 5.41) is 0. The zero-order valence-electron chi connectivity index (χ0n) is 11.1. The van der Waals surface area contributed by atoms with Gasteiger partial charge in [-0.2, -0.15) is 0 Å². The Morgan fingerprint density at radius 1 is 1.00 bits per heavy atom. The van der Waals surface area contributed by atoms with Crippen molar-refractivity contribution in [3.63, 3.8) is 0 Å². The first-order chi connectivity index (χ1) is 9.95. The highest BCUT2D eigenvalue weighted by Gasteiger charge is 2.17. The van der Waals surface area contributed by atoms with Crippen LogP contribution in [0.5, 0.6) is 0 Å². The molecule has 0 bridgehead atoms. The predicted molar refractivity (Wildman–Crippen MR) is 73.5 cm³/mol. The van der Waals surface area contributed by atoms with Crippen molar-refractivity contribution in [3.05, 3.63) is 59.7 Å². The Hall–Kier alpha value is -2.34. The van der Waals surface area contributed by atoms with Gasteiger partial charge >= 0.3 is 0 Å². The largest absolute Gasteiger partial charge is 0.322 e. The number of nitrogens with two attached hydrogens (primary N) is 1. The summed E-state index contributed by atoms with van der Waals surface area (Å²) in [6, 6.07) is 6.64. The van der Waals surface area contributed by atoms with Gasteiger partial charge in [-0.25, -0.2) is 18.2 Å². The molecule has 0 saturated heterocycles. The monoisotopic (exact) mass is 291 g/mol. The molecule has 0 aliphatic rings. The molecule has 6 heteroatoms. The topological polar surface area (TPSA) is 43.8 Å². The second-order valence-corrected chi connectivity index (χ2v) is 4.85. The van der Waals surface area contributed by atoms with Gasteiger partial charge < -0.3 is 5.73 Å². The lowest BCUT2D eigenvalue weighted by molar-refractivity contribution is 0.580. The number of aromatic nitrogens is 2. The zero-order chi connectivity index (χ0) is 15.1. The van der Waals surface area contributed by atoms with Crippen molar-refractivity contribution in [1.29, 1.82) is 0 Å². The van der Waals surface area contributed by atoms with E-state index in [9.17, 15) is 13.2 Å². The average molecular weight is 291 g/mol. The maximum Gasteiger partial charge on any atom is 0.131 e. The fraction of sp³-hybridized carbons (Fsp3) is 0.133. The number of hydrogen-bond donors (Lipinski definition) is 1. The van der Waals surface area contributed by atoms with Crippen molar-refractivity contribution in [3.8, 4) is 5.69 Å². The van der Waals surface area contributed by atoms with Crippen molar-refractivity contribution in [2.24, 2.45) is 5.73 Å². The Morgan fingerprint density at radius 3 is 2.29 bits per heavy atom. The Kier molecular flexibility index (Phi) is 3.17. The minimum absolute atomic E-state index is 0.216. The van der Waals surface area contributed by atoms with E-state index in [-0.39, 0.29) is 5.69 Å². The molecule has 108 valence electrons. The van der Waals surface area contributed by atoms with Gasteiger partial charge in [0.15, 0.2) is 0 Å². The standard InChI is InChI=1S/C15H12F3N3/c1-8(19)15-20-13-3-2-9(16)7-14(13)21(15)12-5-10(17)4-11(18)6-12/h2-8H,19H2,1H3/t8-/m0/s1. The van der Waals surface area contributed by atoms with Crippen LogP contribution in [0.2, 0.25) is 0 Å². The normalized spacial score (nSPS) is 12.8. The van der Waals surface area contributed by atoms with E-state index in [2.05, 4.69) is 4.98 Å². The van der Waals surface area contributed by atoms with Gasteiger partial charge in [0, 0.05) is 12.1 Å². The molecule has 0 aliphatic heterocycles.